The van der Waals surface area contributed by atoms with E-state index < -0.39 is 28.4 Å². The molecule has 0 aliphatic carbocycles. The fourth-order valence-corrected chi connectivity index (χ4v) is 1.87. The summed E-state index contributed by atoms with van der Waals surface area (Å²) >= 11 is 2.96. The first-order valence-electron chi connectivity index (χ1n) is 5.21. The fourth-order valence-electron chi connectivity index (χ4n) is 1.36. The molecule has 0 bridgehead atoms. The number of ether oxygens (including phenoxy) is 1. The molecule has 0 spiro atoms. The predicted molar refractivity (Wildman–Crippen MR) is 67.8 cm³/mol. The second-order valence-corrected chi connectivity index (χ2v) is 4.37. The molecule has 1 aromatic rings. The fraction of sp³-hybridized carbons (Fsp3) is 0.300. The van der Waals surface area contributed by atoms with Crippen molar-refractivity contribution in [1.82, 2.24) is 5.43 Å². The molecule has 0 radical (unpaired) electrons. The number of halogens is 2. The monoisotopic (exact) mass is 335 g/mol. The van der Waals surface area contributed by atoms with Gasteiger partial charge in [-0.15, -0.1) is 0 Å². The van der Waals surface area contributed by atoms with E-state index in [1.54, 1.807) is 6.92 Å². The minimum Gasteiger partial charge on any atom is -0.473 e. The van der Waals surface area contributed by atoms with Gasteiger partial charge in [0, 0.05) is 0 Å². The van der Waals surface area contributed by atoms with E-state index in [0.29, 0.717) is 6.07 Å². The van der Waals surface area contributed by atoms with Crippen LogP contribution in [0.3, 0.4) is 0 Å². The Balaban J connectivity index is 3.19. The molecule has 1 unspecified atom stereocenters. The first-order chi connectivity index (χ1) is 8.90. The SMILES string of the molecule is CCC(Oc1c(Br)cc(F)cc1[N+](=O)[O-])C(=O)NN. The van der Waals surface area contributed by atoms with Gasteiger partial charge in [-0.25, -0.2) is 10.2 Å². The summed E-state index contributed by atoms with van der Waals surface area (Å²) in [6.07, 6.45) is -0.769. The van der Waals surface area contributed by atoms with Crippen molar-refractivity contribution in [2.75, 3.05) is 0 Å². The molecular formula is C10H11BrFN3O4. The molecule has 0 fully saturated rings. The quantitative estimate of drug-likeness (QED) is 0.368. The molecular weight excluding hydrogens is 325 g/mol. The summed E-state index contributed by atoms with van der Waals surface area (Å²) < 4.78 is 18.4. The number of hydrogen-bond donors (Lipinski definition) is 2. The molecule has 0 aliphatic heterocycles. The zero-order valence-corrected chi connectivity index (χ0v) is 11.4. The molecule has 0 saturated heterocycles. The van der Waals surface area contributed by atoms with Crippen molar-refractivity contribution in [3.05, 3.63) is 32.5 Å². The highest BCUT2D eigenvalue weighted by Crippen LogP contribution is 2.36. The van der Waals surface area contributed by atoms with Gasteiger partial charge in [-0.2, -0.15) is 0 Å². The van der Waals surface area contributed by atoms with Gasteiger partial charge in [0.2, 0.25) is 5.75 Å². The van der Waals surface area contributed by atoms with E-state index in [9.17, 15) is 19.3 Å². The lowest BCUT2D eigenvalue weighted by Crippen LogP contribution is -2.41. The second kappa shape index (κ2) is 6.43. The lowest BCUT2D eigenvalue weighted by atomic mass is 10.2. The Bertz CT molecular complexity index is 512. The number of carbonyl (C=O) groups is 1. The van der Waals surface area contributed by atoms with Crippen molar-refractivity contribution >= 4 is 27.5 Å². The molecule has 1 aromatic carbocycles. The van der Waals surface area contributed by atoms with Gasteiger partial charge >= 0.3 is 5.69 Å². The molecule has 1 atom stereocenters. The van der Waals surface area contributed by atoms with Gasteiger partial charge < -0.3 is 4.74 Å². The van der Waals surface area contributed by atoms with Gasteiger partial charge in [0.1, 0.15) is 5.82 Å². The van der Waals surface area contributed by atoms with Crippen LogP contribution >= 0.6 is 15.9 Å². The maximum atomic E-state index is 13.1. The summed E-state index contributed by atoms with van der Waals surface area (Å²) in [5, 5.41) is 10.8. The standard InChI is InChI=1S/C10H11BrFN3O4/c1-2-8(10(16)14-13)19-9-6(11)3-5(12)4-7(9)15(17)18/h3-4,8H,2,13H2,1H3,(H,14,16). The number of hydrazine groups is 1. The Morgan fingerprint density at radius 2 is 2.32 bits per heavy atom. The number of nitrogens with one attached hydrogen (secondary N) is 1. The molecule has 3 N–H and O–H groups in total. The van der Waals surface area contributed by atoms with E-state index in [1.807, 2.05) is 5.43 Å². The van der Waals surface area contributed by atoms with Crippen molar-refractivity contribution in [3.8, 4) is 5.75 Å². The second-order valence-electron chi connectivity index (χ2n) is 3.52. The van der Waals surface area contributed by atoms with Gasteiger partial charge in [-0.1, -0.05) is 6.92 Å². The van der Waals surface area contributed by atoms with Crippen LogP contribution in [0.4, 0.5) is 10.1 Å². The minimum atomic E-state index is -1.01. The summed E-state index contributed by atoms with van der Waals surface area (Å²) in [6, 6.07) is 1.72. The molecule has 1 rings (SSSR count). The number of hydrogen-bond acceptors (Lipinski definition) is 5. The van der Waals surface area contributed by atoms with E-state index in [-0.39, 0.29) is 16.6 Å². The summed E-state index contributed by atoms with van der Waals surface area (Å²) in [5.74, 6) is 3.34. The largest absolute Gasteiger partial charge is 0.473 e. The van der Waals surface area contributed by atoms with Crippen molar-refractivity contribution in [2.45, 2.75) is 19.4 Å². The topological polar surface area (TPSA) is 107 Å². The lowest BCUT2D eigenvalue weighted by Gasteiger charge is -2.16. The van der Waals surface area contributed by atoms with Crippen molar-refractivity contribution in [2.24, 2.45) is 5.84 Å². The van der Waals surface area contributed by atoms with Crippen molar-refractivity contribution < 1.29 is 18.8 Å². The number of carbonyl (C=O) groups excluding carboxylic acids is 1. The molecule has 0 aromatic heterocycles. The van der Waals surface area contributed by atoms with E-state index >= 15 is 0 Å². The number of rotatable bonds is 5. The van der Waals surface area contributed by atoms with Crippen LogP contribution in [0.15, 0.2) is 16.6 Å². The molecule has 7 nitrogen and oxygen atoms in total. The molecule has 0 aliphatic rings. The summed E-state index contributed by atoms with van der Waals surface area (Å²) in [4.78, 5) is 21.4. The average Bonchev–Trinajstić information content (AvgIpc) is 2.36. The normalized spacial score (nSPS) is 11.8. The van der Waals surface area contributed by atoms with Crippen LogP contribution in [-0.4, -0.2) is 16.9 Å². The predicted octanol–water partition coefficient (Wildman–Crippen LogP) is 1.64. The third-order valence-electron chi connectivity index (χ3n) is 2.25. The number of nitro benzene ring substituents is 1. The van der Waals surface area contributed by atoms with Gasteiger partial charge in [-0.05, 0) is 28.4 Å². The number of nitrogens with zero attached hydrogens (tertiary/aromatic N) is 1. The summed E-state index contributed by atoms with van der Waals surface area (Å²) in [5.41, 5.74) is 1.32. The molecule has 1 amide bonds. The smallest absolute Gasteiger partial charge is 0.315 e. The summed E-state index contributed by atoms with van der Waals surface area (Å²) in [6.45, 7) is 1.64. The van der Waals surface area contributed by atoms with Gasteiger partial charge in [0.15, 0.2) is 6.10 Å². The Labute approximate surface area is 116 Å². The van der Waals surface area contributed by atoms with Crippen LogP contribution < -0.4 is 16.0 Å². The number of benzene rings is 1. The zero-order valence-electron chi connectivity index (χ0n) is 9.85. The van der Waals surface area contributed by atoms with Crippen LogP contribution in [0.5, 0.6) is 5.75 Å². The Hall–Kier alpha value is -1.74. The third kappa shape index (κ3) is 3.61. The highest BCUT2D eigenvalue weighted by molar-refractivity contribution is 9.10. The minimum absolute atomic E-state index is 0.0440. The molecule has 0 heterocycles. The maximum Gasteiger partial charge on any atom is 0.315 e. The van der Waals surface area contributed by atoms with Crippen LogP contribution in [0.25, 0.3) is 0 Å². The molecule has 19 heavy (non-hydrogen) atoms. The zero-order chi connectivity index (χ0) is 14.6. The van der Waals surface area contributed by atoms with E-state index in [0.717, 1.165) is 6.07 Å². The van der Waals surface area contributed by atoms with Crippen LogP contribution in [0, 0.1) is 15.9 Å². The molecule has 0 saturated carbocycles. The first kappa shape index (κ1) is 15.3. The Morgan fingerprint density at radius 1 is 1.68 bits per heavy atom. The van der Waals surface area contributed by atoms with E-state index in [1.165, 1.54) is 0 Å². The number of nitrogens with two attached hydrogens (primary N) is 1. The molecule has 104 valence electrons. The third-order valence-corrected chi connectivity index (χ3v) is 2.84. The number of amides is 1. The van der Waals surface area contributed by atoms with E-state index in [2.05, 4.69) is 15.9 Å². The Morgan fingerprint density at radius 3 is 2.79 bits per heavy atom. The highest BCUT2D eigenvalue weighted by Gasteiger charge is 2.26. The van der Waals surface area contributed by atoms with Crippen LogP contribution in [-0.2, 0) is 4.79 Å². The van der Waals surface area contributed by atoms with Crippen LogP contribution in [0.1, 0.15) is 13.3 Å². The van der Waals surface area contributed by atoms with E-state index in [4.69, 9.17) is 10.6 Å². The average molecular weight is 336 g/mol. The van der Waals surface area contributed by atoms with Crippen LogP contribution in [0.2, 0.25) is 0 Å². The Kier molecular flexibility index (Phi) is 5.19. The lowest BCUT2D eigenvalue weighted by molar-refractivity contribution is -0.386. The first-order valence-corrected chi connectivity index (χ1v) is 6.00. The van der Waals surface area contributed by atoms with Crippen molar-refractivity contribution in [3.63, 3.8) is 0 Å². The van der Waals surface area contributed by atoms with Crippen molar-refractivity contribution in [1.29, 1.82) is 0 Å². The van der Waals surface area contributed by atoms with Gasteiger partial charge in [0.25, 0.3) is 5.91 Å². The van der Waals surface area contributed by atoms with Gasteiger partial charge in [0.05, 0.1) is 15.5 Å². The maximum absolute atomic E-state index is 13.1. The van der Waals surface area contributed by atoms with Gasteiger partial charge in [-0.3, -0.25) is 20.3 Å². The highest BCUT2D eigenvalue weighted by atomic mass is 79.9. The summed E-state index contributed by atoms with van der Waals surface area (Å²) in [7, 11) is 0. The number of nitro groups is 1. The molecule has 9 heteroatoms.